The van der Waals surface area contributed by atoms with Crippen LogP contribution in [0.3, 0.4) is 0 Å². The van der Waals surface area contributed by atoms with Crippen LogP contribution in [0.2, 0.25) is 5.02 Å². The van der Waals surface area contributed by atoms with Gasteiger partial charge in [-0.05, 0) is 83.9 Å². The summed E-state index contributed by atoms with van der Waals surface area (Å²) in [5.41, 5.74) is 12.1. The second-order valence-corrected chi connectivity index (χ2v) is 11.8. The van der Waals surface area contributed by atoms with Crippen molar-refractivity contribution in [2.75, 3.05) is 0 Å². The number of hydrogen-bond donors (Lipinski definition) is 0. The summed E-state index contributed by atoms with van der Waals surface area (Å²) in [6.07, 6.45) is 0. The van der Waals surface area contributed by atoms with E-state index < -0.39 is 0 Å². The molecule has 45 heavy (non-hydrogen) atoms. The molecule has 0 bridgehead atoms. The van der Waals surface area contributed by atoms with E-state index in [-0.39, 0.29) is 0 Å². The van der Waals surface area contributed by atoms with E-state index in [0.29, 0.717) is 0 Å². The van der Waals surface area contributed by atoms with Crippen molar-refractivity contribution in [3.8, 4) is 55.6 Å². The first-order valence-corrected chi connectivity index (χ1v) is 15.7. The van der Waals surface area contributed by atoms with Crippen LogP contribution in [0.5, 0.6) is 0 Å². The Morgan fingerprint density at radius 2 is 0.689 bits per heavy atom. The predicted octanol–water partition coefficient (Wildman–Crippen LogP) is 13.0. The highest BCUT2D eigenvalue weighted by Crippen LogP contribution is 2.51. The van der Waals surface area contributed by atoms with Crippen LogP contribution >= 0.6 is 11.6 Å². The number of fused-ring (bicyclic) bond motifs is 2. The Kier molecular flexibility index (Phi) is 6.98. The summed E-state index contributed by atoms with van der Waals surface area (Å²) in [6.45, 7) is 0. The number of hydrogen-bond acceptors (Lipinski definition) is 0. The lowest BCUT2D eigenvalue weighted by molar-refractivity contribution is 1.56. The van der Waals surface area contributed by atoms with Gasteiger partial charge in [0.25, 0.3) is 0 Å². The number of benzene rings is 8. The highest BCUT2D eigenvalue weighted by atomic mass is 35.5. The van der Waals surface area contributed by atoms with Crippen molar-refractivity contribution in [1.29, 1.82) is 0 Å². The van der Waals surface area contributed by atoms with Gasteiger partial charge in [0.2, 0.25) is 0 Å². The van der Waals surface area contributed by atoms with Crippen molar-refractivity contribution in [2.24, 2.45) is 0 Å². The van der Waals surface area contributed by atoms with Gasteiger partial charge in [0.05, 0.1) is 0 Å². The van der Waals surface area contributed by atoms with Crippen molar-refractivity contribution in [2.45, 2.75) is 0 Å². The van der Waals surface area contributed by atoms with Crippen molar-refractivity contribution < 1.29 is 0 Å². The first kappa shape index (κ1) is 27.1. The molecular weight excluding hydrogens is 564 g/mol. The molecule has 0 spiro atoms. The lowest BCUT2D eigenvalue weighted by Crippen LogP contribution is -1.98. The summed E-state index contributed by atoms with van der Waals surface area (Å²) in [7, 11) is 0. The summed E-state index contributed by atoms with van der Waals surface area (Å²) in [4.78, 5) is 0. The molecule has 0 amide bonds. The van der Waals surface area contributed by atoms with Crippen LogP contribution in [0.25, 0.3) is 77.2 Å². The van der Waals surface area contributed by atoms with Gasteiger partial charge >= 0.3 is 0 Å². The molecule has 0 aromatic heterocycles. The summed E-state index contributed by atoms with van der Waals surface area (Å²) < 4.78 is 0. The van der Waals surface area contributed by atoms with E-state index >= 15 is 0 Å². The third-order valence-electron chi connectivity index (χ3n) is 8.74. The Bertz CT molecular complexity index is 2290. The van der Waals surface area contributed by atoms with Gasteiger partial charge in [0.15, 0.2) is 0 Å². The standard InChI is InChI=1S/C44H29Cl/c45-40-28-27-35(36-23-13-14-24-37(36)40)34-25-26-38-39(29-34)42(31-17-7-2-8-18-31)44(33-21-11-4-12-22-33)43(32-19-9-3-10-20-32)41(38)30-15-5-1-6-16-30/h1-29H. The molecule has 0 heterocycles. The van der Waals surface area contributed by atoms with Crippen LogP contribution in [0, 0.1) is 0 Å². The SMILES string of the molecule is Clc1ccc(-c2ccc3c(-c4ccccc4)c(-c4ccccc4)c(-c4ccccc4)c(-c4ccccc4)c3c2)c2ccccc12. The minimum absolute atomic E-state index is 0.769. The van der Waals surface area contributed by atoms with E-state index in [0.717, 1.165) is 21.4 Å². The van der Waals surface area contributed by atoms with Crippen molar-refractivity contribution >= 4 is 33.1 Å². The Morgan fingerprint density at radius 1 is 0.267 bits per heavy atom. The molecule has 8 rings (SSSR count). The fourth-order valence-corrected chi connectivity index (χ4v) is 6.99. The predicted molar refractivity (Wildman–Crippen MR) is 194 cm³/mol. The van der Waals surface area contributed by atoms with Crippen molar-refractivity contribution in [3.05, 3.63) is 181 Å². The molecule has 0 N–H and O–H groups in total. The fourth-order valence-electron chi connectivity index (χ4n) is 6.77. The molecule has 0 saturated heterocycles. The second-order valence-electron chi connectivity index (χ2n) is 11.4. The molecule has 0 fully saturated rings. The van der Waals surface area contributed by atoms with Gasteiger partial charge in [0.1, 0.15) is 0 Å². The van der Waals surface area contributed by atoms with Gasteiger partial charge in [-0.15, -0.1) is 0 Å². The van der Waals surface area contributed by atoms with Crippen LogP contribution < -0.4 is 0 Å². The quantitative estimate of drug-likeness (QED) is 0.186. The molecule has 0 saturated carbocycles. The topological polar surface area (TPSA) is 0 Å². The van der Waals surface area contributed by atoms with E-state index in [1.54, 1.807) is 0 Å². The van der Waals surface area contributed by atoms with Gasteiger partial charge in [-0.1, -0.05) is 175 Å². The maximum Gasteiger partial charge on any atom is 0.0484 e. The van der Waals surface area contributed by atoms with Gasteiger partial charge in [-0.2, -0.15) is 0 Å². The third-order valence-corrected chi connectivity index (χ3v) is 9.07. The molecule has 8 aromatic rings. The maximum absolute atomic E-state index is 6.67. The van der Waals surface area contributed by atoms with Gasteiger partial charge in [-0.3, -0.25) is 0 Å². The van der Waals surface area contributed by atoms with Crippen LogP contribution in [0.1, 0.15) is 0 Å². The van der Waals surface area contributed by atoms with E-state index in [1.165, 1.54) is 60.8 Å². The first-order valence-electron chi connectivity index (χ1n) is 15.3. The summed E-state index contributed by atoms with van der Waals surface area (Å²) in [6, 6.07) is 63.0. The minimum atomic E-state index is 0.769. The van der Waals surface area contributed by atoms with Crippen molar-refractivity contribution in [3.63, 3.8) is 0 Å². The number of halogens is 1. The summed E-state index contributed by atoms with van der Waals surface area (Å²) in [5, 5.41) is 5.42. The normalized spacial score (nSPS) is 11.2. The first-order chi connectivity index (χ1) is 22.3. The molecule has 0 aliphatic rings. The Hall–Kier alpha value is -5.43. The molecular formula is C44H29Cl. The van der Waals surface area contributed by atoms with Gasteiger partial charge in [0, 0.05) is 10.4 Å². The fraction of sp³-hybridized carbons (Fsp3) is 0. The Labute approximate surface area is 268 Å². The van der Waals surface area contributed by atoms with Crippen LogP contribution in [-0.4, -0.2) is 0 Å². The molecule has 0 aliphatic heterocycles. The monoisotopic (exact) mass is 592 g/mol. The molecule has 1 heteroatoms. The average molecular weight is 593 g/mol. The molecule has 8 aromatic carbocycles. The molecule has 0 unspecified atom stereocenters. The second kappa shape index (κ2) is 11.6. The molecule has 0 radical (unpaired) electrons. The minimum Gasteiger partial charge on any atom is -0.0837 e. The highest BCUT2D eigenvalue weighted by Gasteiger charge is 2.24. The van der Waals surface area contributed by atoms with Crippen LogP contribution in [0.4, 0.5) is 0 Å². The van der Waals surface area contributed by atoms with Crippen molar-refractivity contribution in [1.82, 2.24) is 0 Å². The number of rotatable bonds is 5. The lowest BCUT2D eigenvalue weighted by atomic mass is 9.78. The third kappa shape index (κ3) is 4.81. The molecule has 0 aliphatic carbocycles. The zero-order chi connectivity index (χ0) is 30.2. The van der Waals surface area contributed by atoms with Gasteiger partial charge in [-0.25, -0.2) is 0 Å². The van der Waals surface area contributed by atoms with E-state index in [2.05, 4.69) is 170 Å². The summed E-state index contributed by atoms with van der Waals surface area (Å²) in [5.74, 6) is 0. The van der Waals surface area contributed by atoms with Crippen LogP contribution in [-0.2, 0) is 0 Å². The van der Waals surface area contributed by atoms with E-state index in [9.17, 15) is 0 Å². The maximum atomic E-state index is 6.67. The lowest BCUT2D eigenvalue weighted by Gasteiger charge is -2.25. The molecule has 0 nitrogen and oxygen atoms in total. The highest BCUT2D eigenvalue weighted by molar-refractivity contribution is 6.36. The Morgan fingerprint density at radius 3 is 1.20 bits per heavy atom. The summed E-state index contributed by atoms with van der Waals surface area (Å²) >= 11 is 6.67. The molecule has 212 valence electrons. The van der Waals surface area contributed by atoms with E-state index in [1.807, 2.05) is 6.07 Å². The zero-order valence-electron chi connectivity index (χ0n) is 24.6. The van der Waals surface area contributed by atoms with E-state index in [4.69, 9.17) is 11.6 Å². The largest absolute Gasteiger partial charge is 0.0837 e. The van der Waals surface area contributed by atoms with Gasteiger partial charge < -0.3 is 0 Å². The Balaban J connectivity index is 1.59. The zero-order valence-corrected chi connectivity index (χ0v) is 25.4. The average Bonchev–Trinajstić information content (AvgIpc) is 3.12. The smallest absolute Gasteiger partial charge is 0.0484 e. The molecule has 0 atom stereocenters. The van der Waals surface area contributed by atoms with Crippen LogP contribution in [0.15, 0.2) is 176 Å².